The Hall–Kier alpha value is 3.98. The monoisotopic (exact) mass is 1100 g/mol. The van der Waals surface area contributed by atoms with E-state index in [1.807, 2.05) is 6.92 Å². The molecule has 2 heterocycles. The van der Waals surface area contributed by atoms with Gasteiger partial charge in [-0.15, -0.1) is 0 Å². The van der Waals surface area contributed by atoms with E-state index in [1.54, 1.807) is 6.92 Å². The predicted octanol–water partition coefficient (Wildman–Crippen LogP) is 10.2. The molecule has 0 aromatic carbocycles. The van der Waals surface area contributed by atoms with Gasteiger partial charge >= 0.3 is 0 Å². The summed E-state index contributed by atoms with van der Waals surface area (Å²) in [7, 11) is 0. The smallest absolute Gasteiger partial charge is 0.140 e. The zero-order chi connectivity index (χ0) is 22.6. The average molecular weight is 1100 g/mol. The standard InChI is InChI=1S/C5H12O2.2C4H8O2.C2H6O.2CH4O2.20CH4.4Y/c1-2-5(7)3-4-6;2*5-2-1-4-3-6-4;1-2-3;2*2-1-3;;;;;;;;;;;;;;;;;;;;;;;;/h5-7H,2-4H2,1H3;2*4-5H,1-3H2;3H,2H2,1H3;2*2-3H,1H2;20*1H4;;;;. The number of hydrogen-bond acceptors (Lipinski definition) is 11. The topological polar surface area (TPSA) is 207 Å². The van der Waals surface area contributed by atoms with Gasteiger partial charge in [-0.25, -0.2) is 0 Å². The molecule has 348 valence electrons. The average Bonchev–Trinajstić information content (AvgIpc) is 3.56. The zero-order valence-electron chi connectivity index (χ0n) is 19.4. The van der Waals surface area contributed by atoms with E-state index < -0.39 is 13.6 Å². The summed E-state index contributed by atoms with van der Waals surface area (Å²) >= 11 is 0. The van der Waals surface area contributed by atoms with E-state index in [2.05, 4.69) is 0 Å². The molecule has 0 bridgehead atoms. The molecule has 0 aromatic heterocycles. The summed E-state index contributed by atoms with van der Waals surface area (Å²) < 4.78 is 9.58. The van der Waals surface area contributed by atoms with Crippen molar-refractivity contribution in [3.63, 3.8) is 0 Å². The number of rotatable bonds is 7. The minimum absolute atomic E-state index is 0. The molecule has 2 rings (SSSR count). The van der Waals surface area contributed by atoms with Gasteiger partial charge in [-0.2, -0.15) is 0 Å². The number of ether oxygens (including phenoxy) is 2. The number of epoxide rings is 2. The van der Waals surface area contributed by atoms with Crippen LogP contribution in [0.25, 0.3) is 0 Å². The van der Waals surface area contributed by atoms with Gasteiger partial charge in [-0.1, -0.05) is 155 Å². The fraction of sp³-hybridized carbons (Fsp3) is 1.00. The first-order chi connectivity index (χ1) is 13.4. The molecule has 2 saturated heterocycles. The summed E-state index contributed by atoms with van der Waals surface area (Å²) in [6.45, 7) is 4.67. The second-order valence-corrected chi connectivity index (χ2v) is 5.11. The predicted molar refractivity (Wildman–Crippen MR) is 237 cm³/mol. The molecule has 15 heteroatoms. The van der Waals surface area contributed by atoms with Crippen molar-refractivity contribution in [2.24, 2.45) is 0 Å². The van der Waals surface area contributed by atoms with Crippen molar-refractivity contribution in [3.05, 3.63) is 0 Å². The second kappa shape index (κ2) is 220. The van der Waals surface area contributed by atoms with E-state index in [1.165, 1.54) is 0 Å². The summed E-state index contributed by atoms with van der Waals surface area (Å²) in [4.78, 5) is 0. The van der Waals surface area contributed by atoms with Gasteiger partial charge in [-0.05, 0) is 32.6 Å². The summed E-state index contributed by atoms with van der Waals surface area (Å²) in [5, 5.41) is 69.4. The maximum Gasteiger partial charge on any atom is 0.140 e. The minimum atomic E-state index is -0.750. The molecule has 11 nitrogen and oxygen atoms in total. The van der Waals surface area contributed by atoms with E-state index in [-0.39, 0.29) is 312 Å². The second-order valence-electron chi connectivity index (χ2n) is 5.11. The minimum Gasteiger partial charge on any atom is -0.397 e. The van der Waals surface area contributed by atoms with Crippen LogP contribution in [0.3, 0.4) is 0 Å². The molecule has 0 aliphatic carbocycles. The molecular formula is C37H122O11Y4. The Bertz CT molecular complexity index is 239. The summed E-state index contributed by atoms with van der Waals surface area (Å²) in [6, 6.07) is 0. The largest absolute Gasteiger partial charge is 0.397 e. The number of aliphatic hydroxyl groups is 9. The quantitative estimate of drug-likeness (QED) is 0.0866. The van der Waals surface area contributed by atoms with Crippen molar-refractivity contribution in [2.45, 2.75) is 206 Å². The summed E-state index contributed by atoms with van der Waals surface area (Å²) in [5.41, 5.74) is 0. The van der Waals surface area contributed by atoms with Crippen molar-refractivity contribution in [2.75, 3.05) is 53.2 Å². The molecule has 9 N–H and O–H groups in total. The zero-order valence-corrected chi connectivity index (χ0v) is 30.7. The van der Waals surface area contributed by atoms with Crippen LogP contribution in [0, 0.1) is 0 Å². The van der Waals surface area contributed by atoms with Gasteiger partial charge in [0, 0.05) is 157 Å². The Morgan fingerprint density at radius 1 is 0.423 bits per heavy atom. The van der Waals surface area contributed by atoms with Gasteiger partial charge < -0.3 is 55.4 Å². The van der Waals surface area contributed by atoms with Crippen LogP contribution >= 0.6 is 0 Å². The Morgan fingerprint density at radius 2 is 0.577 bits per heavy atom. The van der Waals surface area contributed by atoms with Crippen molar-refractivity contribution in [1.29, 1.82) is 0 Å². The van der Waals surface area contributed by atoms with Crippen LogP contribution in [0.2, 0.25) is 0 Å². The van der Waals surface area contributed by atoms with Gasteiger partial charge in [0.15, 0.2) is 0 Å². The SMILES string of the molecule is C.C.C.C.C.C.C.C.C.C.C.C.C.C.C.C.C.C.C.C.CCC(O)CCO.CCO.OCCC1CO1.OCCC1CO1.OCO.OCO.[Y].[Y].[Y].[Y]. The van der Waals surface area contributed by atoms with E-state index in [9.17, 15) is 0 Å². The Labute approximate surface area is 440 Å². The van der Waals surface area contributed by atoms with Crippen LogP contribution in [-0.2, 0) is 140 Å². The van der Waals surface area contributed by atoms with Crippen molar-refractivity contribution < 1.29 is 186 Å². The van der Waals surface area contributed by atoms with Gasteiger partial charge in [0.05, 0.1) is 31.5 Å². The molecule has 4 radical (unpaired) electrons. The maximum atomic E-state index is 8.70. The molecule has 0 aromatic rings. The molecule has 3 unspecified atom stereocenters. The van der Waals surface area contributed by atoms with Gasteiger partial charge in [-0.3, -0.25) is 0 Å². The van der Waals surface area contributed by atoms with Crippen molar-refractivity contribution in [1.82, 2.24) is 0 Å². The van der Waals surface area contributed by atoms with E-state index >= 15 is 0 Å². The number of aliphatic hydroxyl groups excluding tert-OH is 7. The summed E-state index contributed by atoms with van der Waals surface area (Å²) in [6.07, 6.45) is 3.38. The Kier molecular flexibility index (Phi) is 915. The first-order valence-corrected chi connectivity index (χ1v) is 9.20. The molecule has 2 aliphatic rings. The molecular weight excluding hydrogens is 976 g/mol. The molecule has 0 saturated carbocycles. The molecule has 2 aliphatic heterocycles. The molecule has 0 spiro atoms. The van der Waals surface area contributed by atoms with Gasteiger partial charge in [0.1, 0.15) is 13.6 Å². The fourth-order valence-corrected chi connectivity index (χ4v) is 1.11. The van der Waals surface area contributed by atoms with Crippen LogP contribution in [0.5, 0.6) is 0 Å². The maximum absolute atomic E-state index is 8.70. The van der Waals surface area contributed by atoms with Crippen molar-refractivity contribution in [3.8, 4) is 0 Å². The van der Waals surface area contributed by atoms with Crippen LogP contribution in [0.15, 0.2) is 0 Å². The van der Waals surface area contributed by atoms with Crippen LogP contribution in [0.4, 0.5) is 0 Å². The third-order valence-electron chi connectivity index (χ3n) is 2.64. The Balaban J connectivity index is -0.00000000477. The normalized spacial score (nSPS) is 9.98. The molecule has 52 heavy (non-hydrogen) atoms. The van der Waals surface area contributed by atoms with E-state index in [4.69, 9.17) is 55.4 Å². The molecule has 2 fully saturated rings. The third kappa shape index (κ3) is 344. The number of hydrogen-bond donors (Lipinski definition) is 9. The van der Waals surface area contributed by atoms with Gasteiger partial charge in [0.2, 0.25) is 0 Å². The van der Waals surface area contributed by atoms with E-state index in [0.717, 1.165) is 32.5 Å². The van der Waals surface area contributed by atoms with Crippen LogP contribution < -0.4 is 0 Å². The first-order valence-electron chi connectivity index (χ1n) is 9.20. The molecule has 0 amide bonds. The van der Waals surface area contributed by atoms with Crippen LogP contribution in [-0.4, -0.2) is 117 Å². The fourth-order valence-electron chi connectivity index (χ4n) is 1.11. The van der Waals surface area contributed by atoms with Gasteiger partial charge in [0.25, 0.3) is 0 Å². The molecule has 3 atom stereocenters. The summed E-state index contributed by atoms with van der Waals surface area (Å²) in [5.74, 6) is 0. The first kappa shape index (κ1) is 216. The third-order valence-corrected chi connectivity index (χ3v) is 2.64. The van der Waals surface area contributed by atoms with E-state index in [0.29, 0.717) is 18.6 Å². The Morgan fingerprint density at radius 3 is 0.615 bits per heavy atom. The van der Waals surface area contributed by atoms with Crippen LogP contribution in [0.1, 0.15) is 188 Å². The van der Waals surface area contributed by atoms with Crippen molar-refractivity contribution >= 4 is 0 Å².